The number of ketones is 1. The number of rotatable bonds is 4. The number of para-hydroxylation sites is 3. The molecule has 0 bridgehead atoms. The Labute approximate surface area is 149 Å². The summed E-state index contributed by atoms with van der Waals surface area (Å²) in [5.41, 5.74) is 3.37. The maximum atomic E-state index is 13.0. The van der Waals surface area contributed by atoms with E-state index in [-0.39, 0.29) is 11.5 Å². The van der Waals surface area contributed by atoms with Crippen LogP contribution in [0.15, 0.2) is 60.8 Å². The lowest BCUT2D eigenvalue weighted by Crippen LogP contribution is -2.14. The van der Waals surface area contributed by atoms with Gasteiger partial charge in [0.2, 0.25) is 5.78 Å². The number of Topliss-reactive ketones (excluding diaryl/α,β-unsaturated/α-hetero) is 1. The van der Waals surface area contributed by atoms with E-state index in [0.717, 1.165) is 22.3 Å². The number of nitrogens with one attached hydrogen (secondary N) is 1. The normalized spacial score (nSPS) is 12.0. The third-order valence-corrected chi connectivity index (χ3v) is 4.22. The van der Waals surface area contributed by atoms with Crippen LogP contribution in [-0.4, -0.2) is 25.5 Å². The predicted octanol–water partition coefficient (Wildman–Crippen LogP) is 3.55. The molecule has 0 amide bonds. The van der Waals surface area contributed by atoms with Crippen molar-refractivity contribution in [1.82, 2.24) is 19.7 Å². The molecule has 1 N–H and O–H groups in total. The van der Waals surface area contributed by atoms with Gasteiger partial charge in [0.05, 0.1) is 22.8 Å². The summed E-state index contributed by atoms with van der Waals surface area (Å²) in [7, 11) is 0. The number of carbonyl (C=O) groups excluding carboxylic acids is 1. The van der Waals surface area contributed by atoms with Crippen LogP contribution in [0.2, 0.25) is 0 Å². The Bertz CT molecular complexity index is 1100. The average molecular weight is 341 g/mol. The van der Waals surface area contributed by atoms with Crippen molar-refractivity contribution in [3.05, 3.63) is 77.9 Å². The van der Waals surface area contributed by atoms with E-state index in [0.29, 0.717) is 5.82 Å². The molecular formula is C20H15N5O. The summed E-state index contributed by atoms with van der Waals surface area (Å²) in [6.07, 6.45) is 1.79. The topological polar surface area (TPSA) is 87.4 Å². The summed E-state index contributed by atoms with van der Waals surface area (Å²) in [4.78, 5) is 20.4. The minimum atomic E-state index is -1.03. The van der Waals surface area contributed by atoms with Gasteiger partial charge in [0.25, 0.3) is 0 Å². The largest absolute Gasteiger partial charge is 0.340 e. The van der Waals surface area contributed by atoms with Gasteiger partial charge in [0.15, 0.2) is 5.92 Å². The third kappa shape index (κ3) is 2.66. The molecule has 4 aromatic rings. The minimum Gasteiger partial charge on any atom is -0.340 e. The number of aryl methyl sites for hydroxylation is 1. The maximum Gasteiger partial charge on any atom is 0.208 e. The Morgan fingerprint density at radius 3 is 2.62 bits per heavy atom. The first-order valence-corrected chi connectivity index (χ1v) is 8.17. The number of aromatic amines is 1. The number of nitrogens with zero attached hydrogens (tertiary/aromatic N) is 4. The van der Waals surface area contributed by atoms with Gasteiger partial charge >= 0.3 is 0 Å². The van der Waals surface area contributed by atoms with Gasteiger partial charge in [-0.3, -0.25) is 4.79 Å². The first-order chi connectivity index (χ1) is 12.7. The fraction of sp³-hybridized carbons (Fsp3) is 0.100. The van der Waals surface area contributed by atoms with E-state index in [1.807, 2.05) is 61.5 Å². The number of carbonyl (C=O) groups is 1. The molecule has 0 fully saturated rings. The molecule has 0 spiro atoms. The van der Waals surface area contributed by atoms with Gasteiger partial charge in [-0.1, -0.05) is 30.3 Å². The van der Waals surface area contributed by atoms with Crippen molar-refractivity contribution in [2.75, 3.05) is 0 Å². The van der Waals surface area contributed by atoms with Crippen LogP contribution < -0.4 is 0 Å². The van der Waals surface area contributed by atoms with Crippen LogP contribution in [0.5, 0.6) is 0 Å². The molecule has 0 aliphatic heterocycles. The van der Waals surface area contributed by atoms with Crippen molar-refractivity contribution in [3.8, 4) is 11.8 Å². The van der Waals surface area contributed by atoms with Crippen molar-refractivity contribution < 1.29 is 4.79 Å². The van der Waals surface area contributed by atoms with E-state index in [9.17, 15) is 10.1 Å². The molecule has 126 valence electrons. The van der Waals surface area contributed by atoms with Crippen LogP contribution in [0.3, 0.4) is 0 Å². The number of benzene rings is 2. The van der Waals surface area contributed by atoms with Gasteiger partial charge in [0, 0.05) is 6.20 Å². The van der Waals surface area contributed by atoms with Gasteiger partial charge in [-0.05, 0) is 36.8 Å². The molecule has 4 rings (SSSR count). The number of aromatic nitrogens is 4. The number of hydrogen-bond donors (Lipinski definition) is 1. The van der Waals surface area contributed by atoms with Crippen molar-refractivity contribution in [2.24, 2.45) is 0 Å². The first-order valence-electron chi connectivity index (χ1n) is 8.17. The van der Waals surface area contributed by atoms with Crippen LogP contribution in [0.4, 0.5) is 0 Å². The molecule has 0 saturated heterocycles. The molecule has 6 heteroatoms. The highest BCUT2D eigenvalue weighted by atomic mass is 16.1. The Balaban J connectivity index is 1.72. The molecule has 2 aromatic heterocycles. The lowest BCUT2D eigenvalue weighted by atomic mass is 10.0. The molecule has 0 aliphatic carbocycles. The second kappa shape index (κ2) is 6.30. The van der Waals surface area contributed by atoms with Gasteiger partial charge in [0.1, 0.15) is 11.5 Å². The monoisotopic (exact) mass is 341 g/mol. The Kier molecular flexibility index (Phi) is 3.82. The fourth-order valence-corrected chi connectivity index (χ4v) is 2.91. The number of imidazole rings is 1. The minimum absolute atomic E-state index is 0.279. The van der Waals surface area contributed by atoms with Crippen LogP contribution in [0.25, 0.3) is 16.7 Å². The number of nitriles is 1. The molecule has 6 nitrogen and oxygen atoms in total. The zero-order valence-corrected chi connectivity index (χ0v) is 14.0. The van der Waals surface area contributed by atoms with Crippen LogP contribution in [-0.2, 0) is 0 Å². The van der Waals surface area contributed by atoms with Crippen molar-refractivity contribution in [2.45, 2.75) is 12.8 Å². The molecule has 26 heavy (non-hydrogen) atoms. The SMILES string of the molecule is Cc1cn(-c2ccccc2)nc1C(=O)[C@@H](C#N)c1nc2ccccc2[nH]1. The number of hydrogen-bond acceptors (Lipinski definition) is 4. The zero-order valence-electron chi connectivity index (χ0n) is 14.0. The van der Waals surface area contributed by atoms with Crippen molar-refractivity contribution in [1.29, 1.82) is 5.26 Å². The summed E-state index contributed by atoms with van der Waals surface area (Å²) >= 11 is 0. The number of fused-ring (bicyclic) bond motifs is 1. The zero-order chi connectivity index (χ0) is 18.1. The lowest BCUT2D eigenvalue weighted by Gasteiger charge is -2.04. The first kappa shape index (κ1) is 15.8. The van der Waals surface area contributed by atoms with Gasteiger partial charge < -0.3 is 4.98 Å². The molecule has 1 atom stereocenters. The number of H-pyrrole nitrogens is 1. The summed E-state index contributed by atoms with van der Waals surface area (Å²) < 4.78 is 1.65. The van der Waals surface area contributed by atoms with E-state index < -0.39 is 5.92 Å². The molecule has 0 saturated carbocycles. The standard InChI is InChI=1S/C20H15N5O/c1-13-12-25(14-7-3-2-4-8-14)24-18(13)19(26)15(11-21)20-22-16-9-5-6-10-17(16)23-20/h2-10,12,15H,1H3,(H,22,23)/t15-/m1/s1. The molecular weight excluding hydrogens is 326 g/mol. The Morgan fingerprint density at radius 2 is 1.88 bits per heavy atom. The van der Waals surface area contributed by atoms with Gasteiger partial charge in [-0.2, -0.15) is 10.4 Å². The highest BCUT2D eigenvalue weighted by molar-refractivity contribution is 6.02. The van der Waals surface area contributed by atoms with Crippen molar-refractivity contribution in [3.63, 3.8) is 0 Å². The van der Waals surface area contributed by atoms with E-state index in [2.05, 4.69) is 21.1 Å². The molecule has 0 unspecified atom stereocenters. The van der Waals surface area contributed by atoms with Crippen molar-refractivity contribution >= 4 is 16.8 Å². The highest BCUT2D eigenvalue weighted by Gasteiger charge is 2.28. The van der Waals surface area contributed by atoms with Crippen LogP contribution in [0.1, 0.15) is 27.8 Å². The summed E-state index contributed by atoms with van der Waals surface area (Å²) in [6.45, 7) is 1.81. The summed E-state index contributed by atoms with van der Waals surface area (Å²) in [5, 5.41) is 14.0. The summed E-state index contributed by atoms with van der Waals surface area (Å²) in [6, 6.07) is 19.0. The quantitative estimate of drug-likeness (QED) is 0.575. The predicted molar refractivity (Wildman–Crippen MR) is 97.1 cm³/mol. The van der Waals surface area contributed by atoms with Gasteiger partial charge in [-0.25, -0.2) is 9.67 Å². The molecule has 2 heterocycles. The van der Waals surface area contributed by atoms with E-state index in [1.165, 1.54) is 0 Å². The molecule has 0 aliphatic rings. The van der Waals surface area contributed by atoms with E-state index >= 15 is 0 Å². The average Bonchev–Trinajstić information content (AvgIpc) is 3.26. The lowest BCUT2D eigenvalue weighted by molar-refractivity contribution is 0.0970. The van der Waals surface area contributed by atoms with Gasteiger partial charge in [-0.15, -0.1) is 0 Å². The second-order valence-corrected chi connectivity index (χ2v) is 6.01. The van der Waals surface area contributed by atoms with E-state index in [1.54, 1.807) is 10.9 Å². The smallest absolute Gasteiger partial charge is 0.208 e. The van der Waals surface area contributed by atoms with E-state index in [4.69, 9.17) is 0 Å². The second-order valence-electron chi connectivity index (χ2n) is 6.01. The Hall–Kier alpha value is -3.72. The Morgan fingerprint density at radius 1 is 1.15 bits per heavy atom. The van der Waals surface area contributed by atoms with Crippen LogP contribution >= 0.6 is 0 Å². The maximum absolute atomic E-state index is 13.0. The highest BCUT2D eigenvalue weighted by Crippen LogP contribution is 2.23. The summed E-state index contributed by atoms with van der Waals surface area (Å²) in [5.74, 6) is -1.05. The molecule has 0 radical (unpaired) electrons. The fourth-order valence-electron chi connectivity index (χ4n) is 2.91. The third-order valence-electron chi connectivity index (χ3n) is 4.22. The molecule has 2 aromatic carbocycles. The van der Waals surface area contributed by atoms with Crippen LogP contribution in [0, 0.1) is 18.3 Å².